The van der Waals surface area contributed by atoms with E-state index in [2.05, 4.69) is 50.0 Å². The molecule has 1 heterocycles. The summed E-state index contributed by atoms with van der Waals surface area (Å²) in [7, 11) is 0. The highest BCUT2D eigenvalue weighted by Gasteiger charge is 2.29. The van der Waals surface area contributed by atoms with E-state index in [4.69, 9.17) is 5.73 Å². The summed E-state index contributed by atoms with van der Waals surface area (Å²) >= 11 is 3.45. The molecule has 1 fully saturated rings. The van der Waals surface area contributed by atoms with Gasteiger partial charge in [-0.1, -0.05) is 28.1 Å². The fourth-order valence-corrected chi connectivity index (χ4v) is 2.57. The van der Waals surface area contributed by atoms with Gasteiger partial charge in [-0.3, -0.25) is 4.68 Å². The summed E-state index contributed by atoms with van der Waals surface area (Å²) in [5.41, 5.74) is 9.60. The van der Waals surface area contributed by atoms with Gasteiger partial charge in [0.15, 0.2) is 0 Å². The Bertz CT molecular complexity index is 541. The van der Waals surface area contributed by atoms with Gasteiger partial charge in [0.1, 0.15) is 0 Å². The molecular formula is C14H16BrN3. The second-order valence-corrected chi connectivity index (χ2v) is 5.73. The average molecular weight is 306 g/mol. The van der Waals surface area contributed by atoms with Crippen molar-refractivity contribution in [2.45, 2.75) is 31.8 Å². The second-order valence-electron chi connectivity index (χ2n) is 4.82. The van der Waals surface area contributed by atoms with Crippen molar-refractivity contribution in [2.75, 3.05) is 0 Å². The number of benzene rings is 1. The van der Waals surface area contributed by atoms with Crippen LogP contribution in [0.1, 0.15) is 35.6 Å². The van der Waals surface area contributed by atoms with E-state index in [1.165, 1.54) is 29.7 Å². The van der Waals surface area contributed by atoms with Gasteiger partial charge >= 0.3 is 0 Å². The Labute approximate surface area is 115 Å². The maximum Gasteiger partial charge on any atom is 0.0662 e. The van der Waals surface area contributed by atoms with Crippen LogP contribution in [-0.2, 0) is 13.1 Å². The molecule has 2 N–H and O–H groups in total. The summed E-state index contributed by atoms with van der Waals surface area (Å²) in [6, 6.07) is 8.40. The van der Waals surface area contributed by atoms with E-state index in [0.29, 0.717) is 12.5 Å². The normalized spacial score (nSPS) is 15.0. The van der Waals surface area contributed by atoms with E-state index in [0.717, 1.165) is 11.0 Å². The van der Waals surface area contributed by atoms with Gasteiger partial charge in [0, 0.05) is 28.2 Å². The zero-order valence-electron chi connectivity index (χ0n) is 10.1. The monoisotopic (exact) mass is 305 g/mol. The molecule has 0 saturated heterocycles. The predicted octanol–water partition coefficient (Wildman–Crippen LogP) is 3.03. The molecule has 0 unspecified atom stereocenters. The minimum atomic E-state index is 0.589. The van der Waals surface area contributed by atoms with Gasteiger partial charge in [-0.25, -0.2) is 0 Å². The van der Waals surface area contributed by atoms with Gasteiger partial charge in [0.05, 0.1) is 12.7 Å². The highest BCUT2D eigenvalue weighted by atomic mass is 79.9. The van der Waals surface area contributed by atoms with E-state index in [9.17, 15) is 0 Å². The van der Waals surface area contributed by atoms with Crippen molar-refractivity contribution in [2.24, 2.45) is 5.73 Å². The highest BCUT2D eigenvalue weighted by Crippen LogP contribution is 2.41. The van der Waals surface area contributed by atoms with Crippen LogP contribution in [-0.4, -0.2) is 9.78 Å². The molecule has 0 atom stereocenters. The molecule has 1 aliphatic carbocycles. The zero-order valence-corrected chi connectivity index (χ0v) is 11.7. The largest absolute Gasteiger partial charge is 0.326 e. The van der Waals surface area contributed by atoms with Gasteiger partial charge < -0.3 is 5.73 Å². The van der Waals surface area contributed by atoms with Gasteiger partial charge in [-0.05, 0) is 30.5 Å². The Kier molecular flexibility index (Phi) is 3.22. The van der Waals surface area contributed by atoms with Crippen LogP contribution in [0.4, 0.5) is 0 Å². The molecule has 0 spiro atoms. The number of nitrogens with two attached hydrogens (primary N) is 1. The van der Waals surface area contributed by atoms with Crippen molar-refractivity contribution in [3.05, 3.63) is 51.8 Å². The van der Waals surface area contributed by atoms with Crippen LogP contribution in [0.25, 0.3) is 0 Å². The number of nitrogens with zero attached hydrogens (tertiary/aromatic N) is 2. The van der Waals surface area contributed by atoms with Crippen molar-refractivity contribution in [3.8, 4) is 0 Å². The number of hydrogen-bond acceptors (Lipinski definition) is 2. The fraction of sp³-hybridized carbons (Fsp3) is 0.357. The Hall–Kier alpha value is -1.13. The summed E-state index contributed by atoms with van der Waals surface area (Å²) in [5.74, 6) is 0.682. The molecule has 1 aromatic heterocycles. The van der Waals surface area contributed by atoms with E-state index in [1.54, 1.807) is 0 Å². The molecule has 1 saturated carbocycles. The summed E-state index contributed by atoms with van der Waals surface area (Å²) in [4.78, 5) is 0. The third-order valence-electron chi connectivity index (χ3n) is 3.39. The highest BCUT2D eigenvalue weighted by molar-refractivity contribution is 9.10. The molecule has 1 aliphatic rings. The minimum Gasteiger partial charge on any atom is -0.326 e. The van der Waals surface area contributed by atoms with Crippen molar-refractivity contribution >= 4 is 15.9 Å². The SMILES string of the molecule is NCc1cnn(Cc2ccc(Br)cc2)c1C1CC1. The van der Waals surface area contributed by atoms with Crippen molar-refractivity contribution in [3.63, 3.8) is 0 Å². The summed E-state index contributed by atoms with van der Waals surface area (Å²) in [5, 5.41) is 4.49. The van der Waals surface area contributed by atoms with Crippen molar-refractivity contribution < 1.29 is 0 Å². The van der Waals surface area contributed by atoms with Gasteiger partial charge in [-0.15, -0.1) is 0 Å². The molecule has 0 aliphatic heterocycles. The first kappa shape index (κ1) is 11.9. The second kappa shape index (κ2) is 4.86. The Morgan fingerprint density at radius 3 is 2.61 bits per heavy atom. The van der Waals surface area contributed by atoms with E-state index in [1.807, 2.05) is 6.20 Å². The summed E-state index contributed by atoms with van der Waals surface area (Å²) in [6.45, 7) is 1.42. The quantitative estimate of drug-likeness (QED) is 0.943. The van der Waals surface area contributed by atoms with Crippen LogP contribution in [0.2, 0.25) is 0 Å². The molecule has 3 rings (SSSR count). The summed E-state index contributed by atoms with van der Waals surface area (Å²) in [6.07, 6.45) is 4.48. The molecule has 2 aromatic rings. The van der Waals surface area contributed by atoms with E-state index in [-0.39, 0.29) is 0 Å². The number of aromatic nitrogens is 2. The van der Waals surface area contributed by atoms with E-state index >= 15 is 0 Å². The minimum absolute atomic E-state index is 0.589. The molecule has 4 heteroatoms. The third-order valence-corrected chi connectivity index (χ3v) is 3.92. The Balaban J connectivity index is 1.88. The molecule has 94 valence electrons. The maximum absolute atomic E-state index is 5.78. The lowest BCUT2D eigenvalue weighted by Crippen LogP contribution is -2.08. The lowest BCUT2D eigenvalue weighted by atomic mass is 10.1. The molecule has 0 amide bonds. The predicted molar refractivity (Wildman–Crippen MR) is 75.3 cm³/mol. The smallest absolute Gasteiger partial charge is 0.0662 e. The van der Waals surface area contributed by atoms with Crippen molar-refractivity contribution in [1.82, 2.24) is 9.78 Å². The van der Waals surface area contributed by atoms with Crippen LogP contribution in [0, 0.1) is 0 Å². The van der Waals surface area contributed by atoms with Crippen LogP contribution >= 0.6 is 15.9 Å². The van der Waals surface area contributed by atoms with Crippen LogP contribution in [0.15, 0.2) is 34.9 Å². The molecule has 1 aromatic carbocycles. The molecule has 3 nitrogen and oxygen atoms in total. The number of rotatable bonds is 4. The Morgan fingerprint density at radius 2 is 2.00 bits per heavy atom. The lowest BCUT2D eigenvalue weighted by Gasteiger charge is -2.08. The first-order valence-electron chi connectivity index (χ1n) is 6.27. The third kappa shape index (κ3) is 2.35. The number of hydrogen-bond donors (Lipinski definition) is 1. The van der Waals surface area contributed by atoms with Gasteiger partial charge in [0.2, 0.25) is 0 Å². The molecule has 0 radical (unpaired) electrons. The van der Waals surface area contributed by atoms with E-state index < -0.39 is 0 Å². The van der Waals surface area contributed by atoms with Crippen molar-refractivity contribution in [1.29, 1.82) is 0 Å². The average Bonchev–Trinajstić information content (AvgIpc) is 3.14. The maximum atomic E-state index is 5.78. The first-order chi connectivity index (χ1) is 8.78. The van der Waals surface area contributed by atoms with Gasteiger partial charge in [0.25, 0.3) is 0 Å². The van der Waals surface area contributed by atoms with Crippen LogP contribution < -0.4 is 5.73 Å². The lowest BCUT2D eigenvalue weighted by molar-refractivity contribution is 0.644. The standard InChI is InChI=1S/C14H16BrN3/c15-13-5-1-10(2-6-13)9-18-14(11-3-4-11)12(7-16)8-17-18/h1-2,5-6,8,11H,3-4,7,9,16H2. The van der Waals surface area contributed by atoms with Crippen LogP contribution in [0.5, 0.6) is 0 Å². The first-order valence-corrected chi connectivity index (χ1v) is 7.06. The Morgan fingerprint density at radius 1 is 1.28 bits per heavy atom. The molecule has 0 bridgehead atoms. The topological polar surface area (TPSA) is 43.8 Å². The fourth-order valence-electron chi connectivity index (χ4n) is 2.31. The van der Waals surface area contributed by atoms with Gasteiger partial charge in [-0.2, -0.15) is 5.10 Å². The zero-order chi connectivity index (χ0) is 12.5. The summed E-state index contributed by atoms with van der Waals surface area (Å²) < 4.78 is 3.22. The molecular weight excluding hydrogens is 290 g/mol. The van der Waals surface area contributed by atoms with Crippen LogP contribution in [0.3, 0.4) is 0 Å². The number of halogens is 1. The molecule has 18 heavy (non-hydrogen) atoms.